The van der Waals surface area contributed by atoms with Crippen molar-refractivity contribution in [3.05, 3.63) is 24.0 Å². The van der Waals surface area contributed by atoms with Gasteiger partial charge in [-0.05, 0) is 31.2 Å². The molecule has 0 bridgehead atoms. The summed E-state index contributed by atoms with van der Waals surface area (Å²) in [5.41, 5.74) is 2.95. The molecule has 1 amide bonds. The summed E-state index contributed by atoms with van der Waals surface area (Å²) in [6.45, 7) is 13.8. The van der Waals surface area contributed by atoms with E-state index in [9.17, 15) is 4.79 Å². The second-order valence-corrected chi connectivity index (χ2v) is 7.00. The fraction of sp³-hybridized carbons (Fsp3) is 0.600. The van der Waals surface area contributed by atoms with E-state index in [1.54, 1.807) is 0 Å². The first-order chi connectivity index (χ1) is 12.6. The number of likely N-dealkylation sites (N-methyl/N-ethyl adjacent to an activating group) is 1. The molecule has 26 heavy (non-hydrogen) atoms. The fourth-order valence-electron chi connectivity index (χ4n) is 3.56. The Kier molecular flexibility index (Phi) is 6.27. The van der Waals surface area contributed by atoms with Crippen molar-refractivity contribution in [3.63, 3.8) is 0 Å². The third-order valence-corrected chi connectivity index (χ3v) is 5.16. The van der Waals surface area contributed by atoms with Crippen LogP contribution in [0.1, 0.15) is 39.4 Å². The van der Waals surface area contributed by atoms with Gasteiger partial charge in [0.15, 0.2) is 0 Å². The third-order valence-electron chi connectivity index (χ3n) is 5.16. The molecule has 0 radical (unpaired) electrons. The lowest BCUT2D eigenvalue weighted by molar-refractivity contribution is -0.115. The topological polar surface area (TPSA) is 53.4 Å². The van der Waals surface area contributed by atoms with E-state index >= 15 is 0 Å². The van der Waals surface area contributed by atoms with Crippen molar-refractivity contribution < 1.29 is 4.79 Å². The molecule has 1 aliphatic heterocycles. The van der Waals surface area contributed by atoms with Gasteiger partial charge in [-0.25, -0.2) is 4.98 Å². The molecule has 0 unspecified atom stereocenters. The lowest BCUT2D eigenvalue weighted by atomic mass is 10.2. The molecular weight excluding hydrogens is 326 g/mol. The Morgan fingerprint density at radius 1 is 1.12 bits per heavy atom. The van der Waals surface area contributed by atoms with Gasteiger partial charge in [0, 0.05) is 44.8 Å². The highest BCUT2D eigenvalue weighted by molar-refractivity contribution is 5.92. The Balaban J connectivity index is 1.81. The van der Waals surface area contributed by atoms with Gasteiger partial charge in [-0.3, -0.25) is 9.69 Å². The van der Waals surface area contributed by atoms with Crippen LogP contribution in [-0.2, 0) is 17.9 Å². The fourth-order valence-corrected chi connectivity index (χ4v) is 3.56. The minimum atomic E-state index is 0.0337. The SMILES string of the molecule is CCCn1c(CN2CCN(CC)CC2)nc2cc(NC(=O)CC)ccc21. The minimum absolute atomic E-state index is 0.0337. The molecule has 1 saturated heterocycles. The quantitative estimate of drug-likeness (QED) is 0.828. The molecule has 1 N–H and O–H groups in total. The van der Waals surface area contributed by atoms with Crippen molar-refractivity contribution in [1.82, 2.24) is 19.4 Å². The highest BCUT2D eigenvalue weighted by Crippen LogP contribution is 2.22. The number of fused-ring (bicyclic) bond motifs is 1. The van der Waals surface area contributed by atoms with Crippen LogP contribution in [0.25, 0.3) is 11.0 Å². The van der Waals surface area contributed by atoms with E-state index in [1.165, 1.54) is 0 Å². The average molecular weight is 358 g/mol. The first-order valence-electron chi connectivity index (χ1n) is 9.88. The summed E-state index contributed by atoms with van der Waals surface area (Å²) in [4.78, 5) is 21.6. The number of benzene rings is 1. The number of piperazine rings is 1. The third kappa shape index (κ3) is 4.24. The van der Waals surface area contributed by atoms with Gasteiger partial charge < -0.3 is 14.8 Å². The molecule has 2 heterocycles. The molecule has 6 nitrogen and oxygen atoms in total. The van der Waals surface area contributed by atoms with Crippen molar-refractivity contribution >= 4 is 22.6 Å². The van der Waals surface area contributed by atoms with Gasteiger partial charge in [-0.2, -0.15) is 0 Å². The predicted molar refractivity (Wildman–Crippen MR) is 106 cm³/mol. The van der Waals surface area contributed by atoms with Crippen molar-refractivity contribution in [2.75, 3.05) is 38.0 Å². The van der Waals surface area contributed by atoms with Crippen LogP contribution < -0.4 is 5.32 Å². The minimum Gasteiger partial charge on any atom is -0.327 e. The summed E-state index contributed by atoms with van der Waals surface area (Å²) < 4.78 is 2.34. The van der Waals surface area contributed by atoms with Crippen molar-refractivity contribution in [2.45, 2.75) is 46.7 Å². The average Bonchev–Trinajstić information content (AvgIpc) is 2.99. The largest absolute Gasteiger partial charge is 0.327 e. The van der Waals surface area contributed by atoms with Crippen LogP contribution in [0.5, 0.6) is 0 Å². The molecule has 1 fully saturated rings. The summed E-state index contributed by atoms with van der Waals surface area (Å²) in [5, 5.41) is 2.93. The lowest BCUT2D eigenvalue weighted by Crippen LogP contribution is -2.45. The first-order valence-corrected chi connectivity index (χ1v) is 9.88. The van der Waals surface area contributed by atoms with Crippen LogP contribution in [0.4, 0.5) is 5.69 Å². The number of aryl methyl sites for hydroxylation is 1. The summed E-state index contributed by atoms with van der Waals surface area (Å²) in [7, 11) is 0. The molecular formula is C20H31N5O. The zero-order chi connectivity index (χ0) is 18.5. The summed E-state index contributed by atoms with van der Waals surface area (Å²) in [6, 6.07) is 6.06. The van der Waals surface area contributed by atoms with E-state index < -0.39 is 0 Å². The predicted octanol–water partition coefficient (Wildman–Crippen LogP) is 2.93. The van der Waals surface area contributed by atoms with Gasteiger partial charge in [0.2, 0.25) is 5.91 Å². The number of amides is 1. The zero-order valence-electron chi connectivity index (χ0n) is 16.3. The number of hydrogen-bond donors (Lipinski definition) is 1. The number of nitrogens with zero attached hydrogens (tertiary/aromatic N) is 4. The Labute approximate surface area is 156 Å². The maximum absolute atomic E-state index is 11.7. The molecule has 0 atom stereocenters. The molecule has 3 rings (SSSR count). The summed E-state index contributed by atoms with van der Waals surface area (Å²) in [5.74, 6) is 1.16. The molecule has 142 valence electrons. The van der Waals surface area contributed by atoms with Crippen molar-refractivity contribution in [3.8, 4) is 0 Å². The molecule has 0 spiro atoms. The molecule has 1 aromatic carbocycles. The molecule has 1 aromatic heterocycles. The Hall–Kier alpha value is -1.92. The monoisotopic (exact) mass is 357 g/mol. The number of anilines is 1. The Morgan fingerprint density at radius 3 is 2.50 bits per heavy atom. The molecule has 6 heteroatoms. The summed E-state index contributed by atoms with van der Waals surface area (Å²) >= 11 is 0. The maximum Gasteiger partial charge on any atom is 0.224 e. The number of rotatable bonds is 7. The number of imidazole rings is 1. The Morgan fingerprint density at radius 2 is 1.85 bits per heavy atom. The number of hydrogen-bond acceptors (Lipinski definition) is 4. The highest BCUT2D eigenvalue weighted by Gasteiger charge is 2.19. The van der Waals surface area contributed by atoms with Crippen LogP contribution in [0.15, 0.2) is 18.2 Å². The molecule has 0 aliphatic carbocycles. The highest BCUT2D eigenvalue weighted by atomic mass is 16.1. The zero-order valence-corrected chi connectivity index (χ0v) is 16.3. The van der Waals surface area contributed by atoms with E-state index in [4.69, 9.17) is 4.98 Å². The van der Waals surface area contributed by atoms with Crippen LogP contribution in [-0.4, -0.2) is 58.0 Å². The molecule has 2 aromatic rings. The van der Waals surface area contributed by atoms with Gasteiger partial charge in [0.1, 0.15) is 5.82 Å². The smallest absolute Gasteiger partial charge is 0.224 e. The van der Waals surface area contributed by atoms with Crippen molar-refractivity contribution in [2.24, 2.45) is 0 Å². The van der Waals surface area contributed by atoms with E-state index in [0.717, 1.165) is 74.8 Å². The van der Waals surface area contributed by atoms with Gasteiger partial charge in [-0.1, -0.05) is 20.8 Å². The summed E-state index contributed by atoms with van der Waals surface area (Å²) in [6.07, 6.45) is 1.56. The standard InChI is InChI=1S/C20H31N5O/c1-4-9-25-18-8-7-16(21-20(26)5-2)14-17(18)22-19(25)15-24-12-10-23(6-3)11-13-24/h7-8,14H,4-6,9-13,15H2,1-3H3,(H,21,26). The normalized spacial score (nSPS) is 16.3. The van der Waals surface area contributed by atoms with Crippen LogP contribution in [0, 0.1) is 0 Å². The lowest BCUT2D eigenvalue weighted by Gasteiger charge is -2.33. The van der Waals surface area contributed by atoms with E-state index in [0.29, 0.717) is 6.42 Å². The maximum atomic E-state index is 11.7. The van der Waals surface area contributed by atoms with Crippen molar-refractivity contribution in [1.29, 1.82) is 0 Å². The van der Waals surface area contributed by atoms with Crippen LogP contribution >= 0.6 is 0 Å². The van der Waals surface area contributed by atoms with Crippen LogP contribution in [0.3, 0.4) is 0 Å². The van der Waals surface area contributed by atoms with E-state index in [1.807, 2.05) is 19.1 Å². The van der Waals surface area contributed by atoms with Gasteiger partial charge >= 0.3 is 0 Å². The van der Waals surface area contributed by atoms with E-state index in [2.05, 4.69) is 39.6 Å². The van der Waals surface area contributed by atoms with Gasteiger partial charge in [0.25, 0.3) is 0 Å². The number of aromatic nitrogens is 2. The second kappa shape index (κ2) is 8.64. The Bertz CT molecular complexity index is 746. The van der Waals surface area contributed by atoms with Gasteiger partial charge in [-0.15, -0.1) is 0 Å². The molecule has 0 saturated carbocycles. The van der Waals surface area contributed by atoms with E-state index in [-0.39, 0.29) is 5.91 Å². The number of carbonyl (C=O) groups excluding carboxylic acids is 1. The number of carbonyl (C=O) groups is 1. The van der Waals surface area contributed by atoms with Gasteiger partial charge in [0.05, 0.1) is 17.6 Å². The van der Waals surface area contributed by atoms with Crippen LogP contribution in [0.2, 0.25) is 0 Å². The molecule has 1 aliphatic rings. The second-order valence-electron chi connectivity index (χ2n) is 7.00. The number of nitrogens with one attached hydrogen (secondary N) is 1. The first kappa shape index (κ1) is 18.9.